The first-order valence-corrected chi connectivity index (χ1v) is 20.4. The van der Waals surface area contributed by atoms with Gasteiger partial charge in [0.15, 0.2) is 13.6 Å². The zero-order valence-corrected chi connectivity index (χ0v) is 39.1. The molecule has 0 aromatic carbocycles. The monoisotopic (exact) mass is 980 g/mol. The summed E-state index contributed by atoms with van der Waals surface area (Å²) in [5.74, 6) is -1.91. The van der Waals surface area contributed by atoms with Gasteiger partial charge in [-0.1, -0.05) is 37.9 Å². The Kier molecular flexibility index (Phi) is 54.4. The molecule has 0 radical (unpaired) electrons. The number of hydrogen-bond donors (Lipinski definition) is 3. The van der Waals surface area contributed by atoms with Gasteiger partial charge in [-0.05, 0) is 27.7 Å². The van der Waals surface area contributed by atoms with Crippen LogP contribution in [0.15, 0.2) is 48.6 Å². The van der Waals surface area contributed by atoms with Crippen LogP contribution < -0.4 is 0 Å². The average Bonchev–Trinajstić information content (AvgIpc) is 3.28. The van der Waals surface area contributed by atoms with Crippen molar-refractivity contribution in [1.29, 1.82) is 0 Å². The standard InChI is InChI=1S/C22H34O14.C7H11ClO3.C6H14O4.C6H10O3/c1-17(2)19(23)31-11-9-29-15-35-21(25)33-13-7-27-5-6-28-8-14-34-22(26)36-16-30-10-12-32-20(24)18(3)4;1-6(2)7(9)11-4-3-10-5-8;7-1-3-9-5-6-10-4-2-8;1-5(2)6(8)9-4-3-7/h1,3,5-16H2,2,4H3;1,3-5H2,2H3;7-8H,1-6H2;7H,1,3-4H2,2H3. The molecule has 3 N–H and O–H groups in total. The number of ether oxygens (including phenoxy) is 15. The van der Waals surface area contributed by atoms with E-state index in [-0.39, 0.29) is 130 Å². The van der Waals surface area contributed by atoms with Gasteiger partial charge in [-0.2, -0.15) is 0 Å². The average molecular weight is 981 g/mol. The minimum atomic E-state index is -0.936. The molecule has 25 heteroatoms. The van der Waals surface area contributed by atoms with Crippen LogP contribution in [0.3, 0.4) is 0 Å². The molecule has 0 rings (SSSR count). The number of hydrogen-bond acceptors (Lipinski definition) is 24. The van der Waals surface area contributed by atoms with E-state index in [1.54, 1.807) is 13.8 Å². The van der Waals surface area contributed by atoms with Crippen molar-refractivity contribution in [3.05, 3.63) is 48.6 Å². The van der Waals surface area contributed by atoms with Crippen LogP contribution in [0.4, 0.5) is 9.59 Å². The molecular weight excluding hydrogens is 912 g/mol. The van der Waals surface area contributed by atoms with Crippen LogP contribution in [0.5, 0.6) is 0 Å². The summed E-state index contributed by atoms with van der Waals surface area (Å²) >= 11 is 5.20. The summed E-state index contributed by atoms with van der Waals surface area (Å²) in [4.78, 5) is 66.0. The first-order valence-electron chi connectivity index (χ1n) is 19.8. The van der Waals surface area contributed by atoms with E-state index in [4.69, 9.17) is 79.0 Å². The largest absolute Gasteiger partial charge is 0.510 e. The Hall–Kier alpha value is -4.73. The van der Waals surface area contributed by atoms with E-state index in [0.29, 0.717) is 44.2 Å². The van der Waals surface area contributed by atoms with Crippen molar-refractivity contribution < 1.29 is 115 Å². The quantitative estimate of drug-likeness (QED) is 0.0202. The Morgan fingerprint density at radius 1 is 0.333 bits per heavy atom. The minimum Gasteiger partial charge on any atom is -0.460 e. The van der Waals surface area contributed by atoms with Gasteiger partial charge in [-0.15, -0.1) is 0 Å². The van der Waals surface area contributed by atoms with Crippen LogP contribution >= 0.6 is 11.6 Å². The highest BCUT2D eigenvalue weighted by atomic mass is 35.5. The second kappa shape index (κ2) is 52.9. The maximum atomic E-state index is 11.3. The van der Waals surface area contributed by atoms with Crippen LogP contribution in [-0.2, 0) is 90.2 Å². The maximum absolute atomic E-state index is 11.3. The summed E-state index contributed by atoms with van der Waals surface area (Å²) in [5, 5.41) is 24.7. The number of carbonyl (C=O) groups is 6. The number of rotatable bonds is 36. The lowest BCUT2D eigenvalue weighted by Crippen LogP contribution is -2.18. The number of aliphatic hydroxyl groups is 3. The Morgan fingerprint density at radius 3 is 0.864 bits per heavy atom. The molecule has 0 aromatic rings. The Bertz CT molecular complexity index is 1260. The van der Waals surface area contributed by atoms with Crippen LogP contribution in [0.1, 0.15) is 27.7 Å². The second-order valence-corrected chi connectivity index (χ2v) is 12.1. The summed E-state index contributed by atoms with van der Waals surface area (Å²) in [7, 11) is 0. The van der Waals surface area contributed by atoms with Crippen LogP contribution in [0.2, 0.25) is 0 Å². The van der Waals surface area contributed by atoms with Gasteiger partial charge in [0.1, 0.15) is 45.7 Å². The normalized spacial score (nSPS) is 9.82. The van der Waals surface area contributed by atoms with Gasteiger partial charge in [0.05, 0.1) is 92.5 Å². The summed E-state index contributed by atoms with van der Waals surface area (Å²) in [6.45, 7) is 22.0. The zero-order chi connectivity index (χ0) is 50.6. The number of carbonyl (C=O) groups excluding carboxylic acids is 6. The minimum absolute atomic E-state index is 0.00293. The molecule has 384 valence electrons. The topological polar surface area (TPSA) is 302 Å². The first-order chi connectivity index (χ1) is 31.5. The molecule has 0 bridgehead atoms. The smallest absolute Gasteiger partial charge is 0.460 e. The summed E-state index contributed by atoms with van der Waals surface area (Å²) in [6.07, 6.45) is -1.87. The molecule has 0 amide bonds. The number of aliphatic hydroxyl groups excluding tert-OH is 3. The summed E-state index contributed by atoms with van der Waals surface area (Å²) in [6, 6.07) is 0.116. The SMILES string of the molecule is C=C(C)C(=O)OCCO.C=C(C)C(=O)OCCOCCl.C=C(C)C(=O)OCCOCOC(=O)OCCOCCOCCOC(=O)OCOCCOC(=O)C(=C)C.OCCOCCOCCO. The van der Waals surface area contributed by atoms with E-state index in [1.165, 1.54) is 13.8 Å². The van der Waals surface area contributed by atoms with Gasteiger partial charge in [-0.25, -0.2) is 28.8 Å². The van der Waals surface area contributed by atoms with Crippen molar-refractivity contribution in [2.45, 2.75) is 27.7 Å². The lowest BCUT2D eigenvalue weighted by Gasteiger charge is -2.09. The predicted molar refractivity (Wildman–Crippen MR) is 231 cm³/mol. The molecular formula is C41H69ClO24. The van der Waals surface area contributed by atoms with E-state index in [2.05, 4.69) is 45.3 Å². The van der Waals surface area contributed by atoms with Gasteiger partial charge in [0.2, 0.25) is 0 Å². The molecule has 0 heterocycles. The van der Waals surface area contributed by atoms with E-state index < -0.39 is 36.2 Å². The number of esters is 4. The molecule has 0 aliphatic rings. The third kappa shape index (κ3) is 57.3. The van der Waals surface area contributed by atoms with Crippen molar-refractivity contribution in [2.75, 3.05) is 152 Å². The molecule has 0 unspecified atom stereocenters. The Morgan fingerprint density at radius 2 is 0.576 bits per heavy atom. The Labute approximate surface area is 390 Å². The fourth-order valence-corrected chi connectivity index (χ4v) is 2.90. The van der Waals surface area contributed by atoms with E-state index in [1.807, 2.05) is 0 Å². The molecule has 0 fully saturated rings. The second-order valence-electron chi connectivity index (χ2n) is 11.8. The Balaban J connectivity index is -0.000000511. The first kappa shape index (κ1) is 67.9. The van der Waals surface area contributed by atoms with Gasteiger partial charge in [0, 0.05) is 22.3 Å². The van der Waals surface area contributed by atoms with Crippen LogP contribution in [-0.4, -0.2) is 203 Å². The van der Waals surface area contributed by atoms with E-state index >= 15 is 0 Å². The molecule has 0 saturated heterocycles. The fraction of sp³-hybridized carbons (Fsp3) is 0.659. The number of alkyl halides is 1. The van der Waals surface area contributed by atoms with E-state index in [0.717, 1.165) is 0 Å². The summed E-state index contributed by atoms with van der Waals surface area (Å²) in [5.41, 5.74) is 1.29. The molecule has 0 aromatic heterocycles. The van der Waals surface area contributed by atoms with Gasteiger partial charge >= 0.3 is 36.2 Å². The highest BCUT2D eigenvalue weighted by Gasteiger charge is 2.07. The molecule has 0 aliphatic heterocycles. The predicted octanol–water partition coefficient (Wildman–Crippen LogP) is 1.93. The molecule has 0 atom stereocenters. The lowest BCUT2D eigenvalue weighted by atomic mass is 10.4. The highest BCUT2D eigenvalue weighted by molar-refractivity contribution is 6.17. The number of halogens is 1. The van der Waals surface area contributed by atoms with Crippen molar-refractivity contribution >= 4 is 47.8 Å². The third-order valence-electron chi connectivity index (χ3n) is 5.81. The molecule has 24 nitrogen and oxygen atoms in total. The van der Waals surface area contributed by atoms with Crippen LogP contribution in [0, 0.1) is 0 Å². The van der Waals surface area contributed by atoms with Gasteiger partial charge in [-0.3, -0.25) is 0 Å². The fourth-order valence-electron chi connectivity index (χ4n) is 2.79. The highest BCUT2D eigenvalue weighted by Crippen LogP contribution is 1.95. The molecule has 66 heavy (non-hydrogen) atoms. The molecule has 0 spiro atoms. The van der Waals surface area contributed by atoms with Crippen LogP contribution in [0.25, 0.3) is 0 Å². The molecule has 0 aliphatic carbocycles. The van der Waals surface area contributed by atoms with Crippen molar-refractivity contribution in [1.82, 2.24) is 0 Å². The lowest BCUT2D eigenvalue weighted by molar-refractivity contribution is -0.142. The van der Waals surface area contributed by atoms with Crippen molar-refractivity contribution in [2.24, 2.45) is 0 Å². The zero-order valence-electron chi connectivity index (χ0n) is 38.4. The van der Waals surface area contributed by atoms with Crippen molar-refractivity contribution in [3.8, 4) is 0 Å². The maximum Gasteiger partial charge on any atom is 0.510 e. The summed E-state index contributed by atoms with van der Waals surface area (Å²) < 4.78 is 72.3. The van der Waals surface area contributed by atoms with Gasteiger partial charge in [0.25, 0.3) is 0 Å². The van der Waals surface area contributed by atoms with Crippen molar-refractivity contribution in [3.63, 3.8) is 0 Å². The van der Waals surface area contributed by atoms with E-state index in [9.17, 15) is 28.8 Å². The molecule has 0 saturated carbocycles. The third-order valence-corrected chi connectivity index (χ3v) is 5.96. The van der Waals surface area contributed by atoms with Gasteiger partial charge < -0.3 is 86.4 Å².